The summed E-state index contributed by atoms with van der Waals surface area (Å²) < 4.78 is 11.4. The van der Waals surface area contributed by atoms with Crippen molar-refractivity contribution in [3.63, 3.8) is 0 Å². The van der Waals surface area contributed by atoms with Crippen LogP contribution in [-0.2, 0) is 11.5 Å². The first kappa shape index (κ1) is 27.6. The van der Waals surface area contributed by atoms with Crippen molar-refractivity contribution < 1.29 is 4.74 Å². The lowest BCUT2D eigenvalue weighted by Gasteiger charge is -2.20. The Morgan fingerprint density at radius 3 is 2.64 bits per heavy atom. The van der Waals surface area contributed by atoms with Crippen molar-refractivity contribution in [2.75, 3.05) is 11.9 Å². The first-order valence-electron chi connectivity index (χ1n) is 14.1. The number of ether oxygens (including phenoxy) is 1. The Morgan fingerprint density at radius 1 is 1.10 bits per heavy atom. The fourth-order valence-electron chi connectivity index (χ4n) is 5.09. The predicted molar refractivity (Wildman–Crippen MR) is 167 cm³/mol. The van der Waals surface area contributed by atoms with E-state index in [2.05, 4.69) is 45.1 Å². The zero-order valence-corrected chi connectivity index (χ0v) is 25.5. The van der Waals surface area contributed by atoms with Gasteiger partial charge in [0.1, 0.15) is 30.0 Å². The molecule has 1 aromatic carbocycles. The highest BCUT2D eigenvalue weighted by Crippen LogP contribution is 2.34. The number of nitrogens with one attached hydrogen (secondary N) is 2. The van der Waals surface area contributed by atoms with Gasteiger partial charge in [0, 0.05) is 38.8 Å². The normalized spacial score (nSPS) is 12.8. The number of aromatic amines is 1. The molecule has 1 atom stereocenters. The Hall–Kier alpha value is -4.55. The van der Waals surface area contributed by atoms with Gasteiger partial charge in [-0.2, -0.15) is 10.2 Å². The highest BCUT2D eigenvalue weighted by Gasteiger charge is 2.23. The molecule has 0 radical (unpaired) electrons. The standard InChI is InChI=1S/C30H35N9O2Si/c1-20-12-14-38-26(20)30(40)39(22-9-7-6-8-10-22)28(36-38)21(2)34-27-25-23(24-11-13-33-35-24)17-37(29(25)32-18-31-27)19-41-15-16-42(3,4)5/h6-14,17-18,21H,15-16,19H2,1-5H3,(H,33,35)(H,31,32,34)/t21-/m0/s1. The highest BCUT2D eigenvalue weighted by atomic mass is 28.3. The molecule has 0 spiro atoms. The highest BCUT2D eigenvalue weighted by molar-refractivity contribution is 6.76. The van der Waals surface area contributed by atoms with Gasteiger partial charge in [-0.05, 0) is 49.7 Å². The number of anilines is 1. The largest absolute Gasteiger partial charge is 0.361 e. The number of rotatable bonds is 10. The van der Waals surface area contributed by atoms with Crippen molar-refractivity contribution in [1.29, 1.82) is 0 Å². The van der Waals surface area contributed by atoms with Crippen LogP contribution in [0.25, 0.3) is 33.5 Å². The number of benzene rings is 1. The van der Waals surface area contributed by atoms with Crippen molar-refractivity contribution >= 4 is 30.4 Å². The topological polar surface area (TPSA) is 120 Å². The molecule has 0 saturated heterocycles. The first-order valence-corrected chi connectivity index (χ1v) is 17.8. The Bertz CT molecular complexity index is 1900. The number of nitrogens with zero attached hydrogens (tertiary/aromatic N) is 7. The van der Waals surface area contributed by atoms with E-state index in [1.54, 1.807) is 21.6 Å². The summed E-state index contributed by atoms with van der Waals surface area (Å²) in [5.41, 5.74) is 4.52. The van der Waals surface area contributed by atoms with E-state index in [9.17, 15) is 4.79 Å². The van der Waals surface area contributed by atoms with E-state index in [1.165, 1.54) is 0 Å². The van der Waals surface area contributed by atoms with Crippen LogP contribution in [0.5, 0.6) is 0 Å². The van der Waals surface area contributed by atoms with Crippen LogP contribution >= 0.6 is 0 Å². The van der Waals surface area contributed by atoms with Gasteiger partial charge in [0.15, 0.2) is 5.82 Å². The molecule has 5 aromatic heterocycles. The SMILES string of the molecule is Cc1ccn2nc([C@H](C)Nc3ncnc4c3c(-c3ccn[nH]3)cn4COCC[Si](C)(C)C)n(-c3ccccc3)c(=O)c12. The van der Waals surface area contributed by atoms with Gasteiger partial charge in [0.05, 0.1) is 22.8 Å². The third-order valence-corrected chi connectivity index (χ3v) is 9.04. The lowest BCUT2D eigenvalue weighted by atomic mass is 10.1. The van der Waals surface area contributed by atoms with Crippen molar-refractivity contribution in [2.45, 2.75) is 52.3 Å². The van der Waals surface area contributed by atoms with Crippen LogP contribution < -0.4 is 10.9 Å². The minimum Gasteiger partial charge on any atom is -0.361 e. The van der Waals surface area contributed by atoms with Crippen LogP contribution in [0.15, 0.2) is 72.2 Å². The van der Waals surface area contributed by atoms with Gasteiger partial charge in [-0.15, -0.1) is 0 Å². The summed E-state index contributed by atoms with van der Waals surface area (Å²) >= 11 is 0. The summed E-state index contributed by atoms with van der Waals surface area (Å²) in [5, 5.41) is 16.5. The van der Waals surface area contributed by atoms with Crippen molar-refractivity contribution in [2.24, 2.45) is 0 Å². The Kier molecular flexibility index (Phi) is 7.25. The Balaban J connectivity index is 1.42. The summed E-state index contributed by atoms with van der Waals surface area (Å²) in [5.74, 6) is 1.17. The van der Waals surface area contributed by atoms with Crippen molar-refractivity contribution in [1.82, 2.24) is 38.9 Å². The summed E-state index contributed by atoms with van der Waals surface area (Å²) in [6, 6.07) is 14.1. The predicted octanol–water partition coefficient (Wildman–Crippen LogP) is 5.41. The molecule has 216 valence electrons. The number of para-hydroxylation sites is 1. The first-order chi connectivity index (χ1) is 20.2. The molecule has 6 aromatic rings. The van der Waals surface area contributed by atoms with Gasteiger partial charge < -0.3 is 14.6 Å². The molecule has 0 amide bonds. The van der Waals surface area contributed by atoms with Crippen LogP contribution in [0.3, 0.4) is 0 Å². The van der Waals surface area contributed by atoms with Crippen LogP contribution in [-0.4, -0.2) is 53.6 Å². The van der Waals surface area contributed by atoms with E-state index in [4.69, 9.17) is 9.84 Å². The molecule has 0 aliphatic rings. The fraction of sp³-hybridized carbons (Fsp3) is 0.300. The van der Waals surface area contributed by atoms with E-state index in [0.717, 1.165) is 39.6 Å². The average Bonchev–Trinajstić information content (AvgIpc) is 3.71. The maximum Gasteiger partial charge on any atom is 0.282 e. The van der Waals surface area contributed by atoms with E-state index >= 15 is 0 Å². The van der Waals surface area contributed by atoms with Crippen molar-refractivity contribution in [3.8, 4) is 16.9 Å². The Morgan fingerprint density at radius 2 is 1.90 bits per heavy atom. The molecule has 0 fully saturated rings. The van der Waals surface area contributed by atoms with Gasteiger partial charge in [0.25, 0.3) is 5.56 Å². The average molecular weight is 582 g/mol. The lowest BCUT2D eigenvalue weighted by molar-refractivity contribution is 0.0899. The van der Waals surface area contributed by atoms with Crippen molar-refractivity contribution in [3.05, 3.63) is 89.1 Å². The lowest BCUT2D eigenvalue weighted by Crippen LogP contribution is -2.29. The molecule has 11 nitrogen and oxygen atoms in total. The minimum atomic E-state index is -1.21. The molecule has 0 saturated carbocycles. The van der Waals surface area contributed by atoms with Gasteiger partial charge in [0.2, 0.25) is 0 Å². The minimum absolute atomic E-state index is 0.130. The van der Waals surface area contributed by atoms with E-state index in [-0.39, 0.29) is 5.56 Å². The number of aryl methyl sites for hydroxylation is 1. The zero-order valence-electron chi connectivity index (χ0n) is 24.5. The molecule has 42 heavy (non-hydrogen) atoms. The number of fused-ring (bicyclic) bond motifs is 2. The van der Waals surface area contributed by atoms with E-state index in [0.29, 0.717) is 30.5 Å². The smallest absolute Gasteiger partial charge is 0.282 e. The number of aromatic nitrogens is 8. The molecule has 0 bridgehead atoms. The fourth-order valence-corrected chi connectivity index (χ4v) is 5.85. The van der Waals surface area contributed by atoms with Gasteiger partial charge >= 0.3 is 0 Å². The maximum absolute atomic E-state index is 13.8. The van der Waals surface area contributed by atoms with E-state index < -0.39 is 14.1 Å². The summed E-state index contributed by atoms with van der Waals surface area (Å²) in [4.78, 5) is 23.1. The summed E-state index contributed by atoms with van der Waals surface area (Å²) in [7, 11) is -1.21. The Labute approximate surface area is 244 Å². The van der Waals surface area contributed by atoms with Gasteiger partial charge in [-0.3, -0.25) is 14.5 Å². The summed E-state index contributed by atoms with van der Waals surface area (Å²) in [6.07, 6.45) is 7.10. The molecular formula is C30H35N9O2Si. The molecular weight excluding hydrogens is 546 g/mol. The van der Waals surface area contributed by atoms with E-state index in [1.807, 2.05) is 73.3 Å². The number of H-pyrrole nitrogens is 1. The maximum atomic E-state index is 13.8. The molecule has 0 aliphatic heterocycles. The second-order valence-corrected chi connectivity index (χ2v) is 17.4. The molecule has 0 unspecified atom stereocenters. The second kappa shape index (κ2) is 11.0. The zero-order chi connectivity index (χ0) is 29.4. The van der Waals surface area contributed by atoms with Gasteiger partial charge in [-0.1, -0.05) is 37.8 Å². The molecule has 0 aliphatic carbocycles. The van der Waals surface area contributed by atoms with Gasteiger partial charge in [-0.25, -0.2) is 14.5 Å². The number of hydrogen-bond acceptors (Lipinski definition) is 7. The summed E-state index contributed by atoms with van der Waals surface area (Å²) in [6.45, 7) is 12.0. The second-order valence-electron chi connectivity index (χ2n) is 11.7. The number of hydrogen-bond donors (Lipinski definition) is 2. The third kappa shape index (κ3) is 5.26. The monoisotopic (exact) mass is 581 g/mol. The quantitative estimate of drug-likeness (QED) is 0.164. The van der Waals surface area contributed by atoms with Crippen LogP contribution in [0.4, 0.5) is 5.82 Å². The molecule has 5 heterocycles. The van der Waals surface area contributed by atoms with Crippen LogP contribution in [0.2, 0.25) is 25.7 Å². The third-order valence-electron chi connectivity index (χ3n) is 7.34. The molecule has 2 N–H and O–H groups in total. The van der Waals surface area contributed by atoms with Crippen LogP contribution in [0.1, 0.15) is 24.4 Å². The molecule has 12 heteroatoms. The molecule has 6 rings (SSSR count). The van der Waals surface area contributed by atoms with Crippen LogP contribution in [0, 0.1) is 6.92 Å².